The van der Waals surface area contributed by atoms with Crippen molar-refractivity contribution in [2.45, 2.75) is 6.92 Å². The Morgan fingerprint density at radius 2 is 1.82 bits per heavy atom. The van der Waals surface area contributed by atoms with Crippen LogP contribution in [0.4, 0.5) is 10.1 Å². The van der Waals surface area contributed by atoms with Crippen LogP contribution in [-0.2, 0) is 4.79 Å². The Morgan fingerprint density at radius 3 is 2.36 bits per heavy atom. The highest BCUT2D eigenvalue weighted by molar-refractivity contribution is 5.77. The van der Waals surface area contributed by atoms with Gasteiger partial charge >= 0.3 is 0 Å². The minimum Gasteiger partial charge on any atom is -0.486 e. The van der Waals surface area contributed by atoms with Crippen LogP contribution in [0.1, 0.15) is 6.92 Å². The highest BCUT2D eigenvalue weighted by Crippen LogP contribution is 2.28. The van der Waals surface area contributed by atoms with Crippen LogP contribution in [0.25, 0.3) is 0 Å². The average molecular weight is 305 g/mol. The minimum absolute atomic E-state index is 0.0306. The molecular formula is C15H12FNO5. The molecule has 0 atom stereocenters. The van der Waals surface area contributed by atoms with Gasteiger partial charge in [-0.25, -0.2) is 4.39 Å². The molecule has 6 nitrogen and oxygen atoms in total. The van der Waals surface area contributed by atoms with Crippen LogP contribution in [-0.4, -0.2) is 17.3 Å². The third-order valence-electron chi connectivity index (χ3n) is 2.62. The van der Waals surface area contributed by atoms with E-state index in [4.69, 9.17) is 9.47 Å². The fourth-order valence-corrected chi connectivity index (χ4v) is 1.60. The lowest BCUT2D eigenvalue weighted by Gasteiger charge is -2.08. The molecule has 0 saturated carbocycles. The Hall–Kier alpha value is -2.96. The number of carbonyl (C=O) groups excluding carboxylic acids is 1. The van der Waals surface area contributed by atoms with E-state index in [9.17, 15) is 19.3 Å². The van der Waals surface area contributed by atoms with E-state index in [1.54, 1.807) is 12.1 Å². The fraction of sp³-hybridized carbons (Fsp3) is 0.133. The van der Waals surface area contributed by atoms with Crippen molar-refractivity contribution in [2.24, 2.45) is 0 Å². The molecule has 2 aromatic rings. The molecule has 0 amide bonds. The highest BCUT2D eigenvalue weighted by atomic mass is 19.1. The summed E-state index contributed by atoms with van der Waals surface area (Å²) in [5.41, 5.74) is -0.349. The zero-order valence-electron chi connectivity index (χ0n) is 11.6. The number of nitro groups is 1. The van der Waals surface area contributed by atoms with Crippen molar-refractivity contribution in [3.05, 3.63) is 58.4 Å². The number of benzene rings is 2. The Labute approximate surface area is 125 Å². The summed E-state index contributed by atoms with van der Waals surface area (Å²) in [6.45, 7) is 1.38. The molecule has 0 bridgehead atoms. The molecule has 0 saturated heterocycles. The first kappa shape index (κ1) is 15.4. The number of carbonyl (C=O) groups is 1. The number of Topliss-reactive ketones (excluding diaryl/α,β-unsaturated/α-hetero) is 1. The average Bonchev–Trinajstić information content (AvgIpc) is 2.48. The molecule has 2 rings (SSSR count). The summed E-state index contributed by atoms with van der Waals surface area (Å²) in [5.74, 6) is -0.239. The molecule has 22 heavy (non-hydrogen) atoms. The van der Waals surface area contributed by atoms with Crippen molar-refractivity contribution in [1.82, 2.24) is 0 Å². The van der Waals surface area contributed by atoms with E-state index in [2.05, 4.69) is 0 Å². The number of rotatable bonds is 6. The molecular weight excluding hydrogens is 293 g/mol. The summed E-state index contributed by atoms with van der Waals surface area (Å²) >= 11 is 0. The van der Waals surface area contributed by atoms with Crippen molar-refractivity contribution >= 4 is 11.5 Å². The SMILES string of the molecule is CC(=O)COc1ccc(Oc2ccc([N+](=O)[O-])cc2F)cc1. The van der Waals surface area contributed by atoms with Crippen molar-refractivity contribution < 1.29 is 23.6 Å². The van der Waals surface area contributed by atoms with Gasteiger partial charge in [-0.15, -0.1) is 0 Å². The van der Waals surface area contributed by atoms with E-state index >= 15 is 0 Å². The number of non-ortho nitro benzene ring substituents is 1. The van der Waals surface area contributed by atoms with Gasteiger partial charge in [-0.1, -0.05) is 0 Å². The molecule has 0 aromatic heterocycles. The molecule has 0 unspecified atom stereocenters. The summed E-state index contributed by atoms with van der Waals surface area (Å²) in [4.78, 5) is 20.6. The second-order valence-corrected chi connectivity index (χ2v) is 4.44. The van der Waals surface area contributed by atoms with Gasteiger partial charge in [0.15, 0.2) is 17.3 Å². The third-order valence-corrected chi connectivity index (χ3v) is 2.62. The van der Waals surface area contributed by atoms with Crippen LogP contribution < -0.4 is 9.47 Å². The molecule has 2 aromatic carbocycles. The molecule has 114 valence electrons. The van der Waals surface area contributed by atoms with Crippen LogP contribution in [0, 0.1) is 15.9 Å². The summed E-state index contributed by atoms with van der Waals surface area (Å²) in [7, 11) is 0. The van der Waals surface area contributed by atoms with Gasteiger partial charge in [-0.05, 0) is 37.3 Å². The Bertz CT molecular complexity index is 700. The number of nitrogens with zero attached hydrogens (tertiary/aromatic N) is 1. The summed E-state index contributed by atoms with van der Waals surface area (Å²) in [6.07, 6.45) is 0. The number of hydrogen-bond acceptors (Lipinski definition) is 5. The largest absolute Gasteiger partial charge is 0.486 e. The Kier molecular flexibility index (Phi) is 4.67. The molecule has 0 aliphatic heterocycles. The standard InChI is InChI=1S/C15H12FNO5/c1-10(18)9-21-12-3-5-13(6-4-12)22-15-7-2-11(17(19)20)8-14(15)16/h2-8H,9H2,1H3. The predicted molar refractivity (Wildman–Crippen MR) is 75.7 cm³/mol. The lowest BCUT2D eigenvalue weighted by molar-refractivity contribution is -0.385. The summed E-state index contributed by atoms with van der Waals surface area (Å²) < 4.78 is 24.2. The Morgan fingerprint density at radius 1 is 1.18 bits per heavy atom. The quantitative estimate of drug-likeness (QED) is 0.603. The van der Waals surface area contributed by atoms with Crippen LogP contribution in [0.3, 0.4) is 0 Å². The number of halogens is 1. The van der Waals surface area contributed by atoms with Gasteiger partial charge in [0.25, 0.3) is 5.69 Å². The summed E-state index contributed by atoms with van der Waals surface area (Å²) in [6, 6.07) is 9.35. The zero-order valence-corrected chi connectivity index (χ0v) is 11.6. The maximum absolute atomic E-state index is 13.7. The molecule has 0 spiro atoms. The topological polar surface area (TPSA) is 78.7 Å². The summed E-state index contributed by atoms with van der Waals surface area (Å²) in [5, 5.41) is 10.5. The van der Waals surface area contributed by atoms with Gasteiger partial charge in [-0.2, -0.15) is 0 Å². The molecule has 0 N–H and O–H groups in total. The lowest BCUT2D eigenvalue weighted by atomic mass is 10.3. The smallest absolute Gasteiger partial charge is 0.272 e. The monoisotopic (exact) mass is 305 g/mol. The number of ketones is 1. The minimum atomic E-state index is -0.828. The van der Waals surface area contributed by atoms with Crippen molar-refractivity contribution in [3.8, 4) is 17.2 Å². The maximum atomic E-state index is 13.7. The van der Waals surface area contributed by atoms with E-state index in [-0.39, 0.29) is 23.8 Å². The van der Waals surface area contributed by atoms with Crippen LogP contribution in [0.5, 0.6) is 17.2 Å². The van der Waals surface area contributed by atoms with Crippen LogP contribution in [0.2, 0.25) is 0 Å². The zero-order chi connectivity index (χ0) is 16.1. The van der Waals surface area contributed by atoms with Gasteiger partial charge in [0, 0.05) is 6.07 Å². The van der Waals surface area contributed by atoms with Gasteiger partial charge in [0.1, 0.15) is 18.1 Å². The molecule has 0 aliphatic carbocycles. The van der Waals surface area contributed by atoms with Gasteiger partial charge < -0.3 is 9.47 Å². The van der Waals surface area contributed by atoms with E-state index in [0.29, 0.717) is 11.5 Å². The molecule has 0 radical (unpaired) electrons. The normalized spacial score (nSPS) is 10.1. The number of hydrogen-bond donors (Lipinski definition) is 0. The third kappa shape index (κ3) is 4.02. The first-order chi connectivity index (χ1) is 10.5. The molecule has 0 heterocycles. The van der Waals surface area contributed by atoms with Gasteiger partial charge in [-0.3, -0.25) is 14.9 Å². The van der Waals surface area contributed by atoms with Crippen molar-refractivity contribution in [1.29, 1.82) is 0 Å². The van der Waals surface area contributed by atoms with Gasteiger partial charge in [0.2, 0.25) is 0 Å². The van der Waals surface area contributed by atoms with E-state index in [1.165, 1.54) is 25.1 Å². The predicted octanol–water partition coefficient (Wildman–Crippen LogP) is 3.49. The molecule has 7 heteroatoms. The number of nitro benzene ring substituents is 1. The molecule has 0 aliphatic rings. The van der Waals surface area contributed by atoms with E-state index in [0.717, 1.165) is 12.1 Å². The van der Waals surface area contributed by atoms with Gasteiger partial charge in [0.05, 0.1) is 11.0 Å². The first-order valence-electron chi connectivity index (χ1n) is 6.30. The van der Waals surface area contributed by atoms with Crippen LogP contribution >= 0.6 is 0 Å². The van der Waals surface area contributed by atoms with E-state index < -0.39 is 10.7 Å². The van der Waals surface area contributed by atoms with E-state index in [1.807, 2.05) is 0 Å². The highest BCUT2D eigenvalue weighted by Gasteiger charge is 2.12. The second kappa shape index (κ2) is 6.66. The van der Waals surface area contributed by atoms with Crippen molar-refractivity contribution in [3.63, 3.8) is 0 Å². The first-order valence-corrected chi connectivity index (χ1v) is 6.30. The van der Waals surface area contributed by atoms with Crippen molar-refractivity contribution in [2.75, 3.05) is 6.61 Å². The molecule has 0 fully saturated rings. The maximum Gasteiger partial charge on any atom is 0.272 e. The fourth-order valence-electron chi connectivity index (χ4n) is 1.60. The number of ether oxygens (including phenoxy) is 2. The lowest BCUT2D eigenvalue weighted by Crippen LogP contribution is -2.06. The van der Waals surface area contributed by atoms with Crippen LogP contribution in [0.15, 0.2) is 42.5 Å². The second-order valence-electron chi connectivity index (χ2n) is 4.44. The Balaban J connectivity index is 2.07.